The van der Waals surface area contributed by atoms with E-state index >= 15 is 0 Å². The lowest BCUT2D eigenvalue weighted by Gasteiger charge is -2.05. The highest BCUT2D eigenvalue weighted by atomic mass is 32.2. The normalized spacial score (nSPS) is 17.9. The summed E-state index contributed by atoms with van der Waals surface area (Å²) >= 11 is 1.68. The van der Waals surface area contributed by atoms with E-state index in [-0.39, 0.29) is 12.4 Å². The van der Waals surface area contributed by atoms with Crippen molar-refractivity contribution in [2.45, 2.75) is 37.0 Å². The van der Waals surface area contributed by atoms with Crippen molar-refractivity contribution in [3.63, 3.8) is 0 Å². The van der Waals surface area contributed by atoms with E-state index in [0.29, 0.717) is 23.5 Å². The average molecular weight is 253 g/mol. The predicted molar refractivity (Wildman–Crippen MR) is 65.8 cm³/mol. The minimum atomic E-state index is -0.317. The van der Waals surface area contributed by atoms with Crippen molar-refractivity contribution in [2.24, 2.45) is 0 Å². The van der Waals surface area contributed by atoms with Gasteiger partial charge in [-0.25, -0.2) is 9.97 Å². The van der Waals surface area contributed by atoms with Crippen LogP contribution in [0.15, 0.2) is 5.03 Å². The van der Waals surface area contributed by atoms with Gasteiger partial charge in [-0.05, 0) is 13.3 Å². The van der Waals surface area contributed by atoms with E-state index in [4.69, 9.17) is 10.5 Å². The number of esters is 1. The van der Waals surface area contributed by atoms with E-state index < -0.39 is 0 Å². The number of carbonyl (C=O) groups excluding carboxylic acids is 1. The summed E-state index contributed by atoms with van der Waals surface area (Å²) < 4.78 is 4.86. The third-order valence-electron chi connectivity index (χ3n) is 2.46. The Kier molecular flexibility index (Phi) is 3.51. The Hall–Kier alpha value is -1.30. The van der Waals surface area contributed by atoms with Gasteiger partial charge < -0.3 is 10.5 Å². The number of nitrogens with zero attached hydrogens (tertiary/aromatic N) is 2. The molecule has 92 valence electrons. The molecule has 2 N–H and O–H groups in total. The van der Waals surface area contributed by atoms with Crippen LogP contribution < -0.4 is 5.73 Å². The largest absolute Gasteiger partial charge is 0.466 e. The second kappa shape index (κ2) is 4.91. The van der Waals surface area contributed by atoms with E-state index in [1.807, 2.05) is 0 Å². The molecular weight excluding hydrogens is 238 g/mol. The summed E-state index contributed by atoms with van der Waals surface area (Å²) in [4.78, 5) is 19.9. The van der Waals surface area contributed by atoms with Crippen LogP contribution >= 0.6 is 11.8 Å². The van der Waals surface area contributed by atoms with Crippen molar-refractivity contribution < 1.29 is 9.53 Å². The fraction of sp³-hybridized carbons (Fsp3) is 0.545. The molecule has 1 aromatic rings. The van der Waals surface area contributed by atoms with Gasteiger partial charge in [0.25, 0.3) is 0 Å². The summed E-state index contributed by atoms with van der Waals surface area (Å²) in [6.45, 7) is 4.26. The third kappa shape index (κ3) is 2.69. The lowest BCUT2D eigenvalue weighted by atomic mass is 10.2. The first-order valence-electron chi connectivity index (χ1n) is 5.57. The van der Waals surface area contributed by atoms with Gasteiger partial charge >= 0.3 is 5.97 Å². The van der Waals surface area contributed by atoms with Gasteiger partial charge in [0.1, 0.15) is 23.1 Å². The number of nitrogen functional groups attached to an aromatic ring is 1. The maximum absolute atomic E-state index is 11.3. The summed E-state index contributed by atoms with van der Waals surface area (Å²) in [5.74, 6) is 0.621. The number of aromatic nitrogens is 2. The summed E-state index contributed by atoms with van der Waals surface area (Å²) in [5, 5.41) is 1.38. The van der Waals surface area contributed by atoms with Gasteiger partial charge in [0.15, 0.2) is 0 Å². The zero-order valence-corrected chi connectivity index (χ0v) is 10.7. The molecule has 0 spiro atoms. The molecule has 2 rings (SSSR count). The number of anilines is 1. The summed E-state index contributed by atoms with van der Waals surface area (Å²) in [6, 6.07) is 0. The number of rotatable bonds is 3. The van der Waals surface area contributed by atoms with E-state index in [2.05, 4.69) is 16.9 Å². The van der Waals surface area contributed by atoms with Gasteiger partial charge in [0, 0.05) is 10.8 Å². The maximum atomic E-state index is 11.3. The molecule has 1 aliphatic heterocycles. The van der Waals surface area contributed by atoms with Crippen LogP contribution in [-0.4, -0.2) is 27.8 Å². The maximum Gasteiger partial charge on any atom is 0.313 e. The van der Waals surface area contributed by atoms with Gasteiger partial charge in [0.05, 0.1) is 6.61 Å². The molecule has 5 nitrogen and oxygen atoms in total. The number of carbonyl (C=O) groups is 1. The molecule has 1 atom stereocenters. The Balaban J connectivity index is 2.18. The van der Waals surface area contributed by atoms with Crippen LogP contribution in [-0.2, 0) is 22.4 Å². The van der Waals surface area contributed by atoms with Crippen LogP contribution in [0.4, 0.5) is 5.82 Å². The zero-order valence-electron chi connectivity index (χ0n) is 9.90. The summed E-state index contributed by atoms with van der Waals surface area (Å²) in [5.41, 5.74) is 6.88. The van der Waals surface area contributed by atoms with Crippen LogP contribution in [0.5, 0.6) is 0 Å². The Bertz CT molecular complexity index is 451. The van der Waals surface area contributed by atoms with Crippen molar-refractivity contribution in [3.8, 4) is 0 Å². The fourth-order valence-corrected chi connectivity index (χ4v) is 2.87. The number of thioether (sulfide) groups is 1. The molecule has 17 heavy (non-hydrogen) atoms. The van der Waals surface area contributed by atoms with E-state index in [9.17, 15) is 4.79 Å². The van der Waals surface area contributed by atoms with Crippen LogP contribution in [0.2, 0.25) is 0 Å². The lowest BCUT2D eigenvalue weighted by Crippen LogP contribution is -2.12. The van der Waals surface area contributed by atoms with Crippen LogP contribution in [0.25, 0.3) is 0 Å². The number of nitrogens with two attached hydrogens (primary N) is 1. The Morgan fingerprint density at radius 2 is 2.35 bits per heavy atom. The third-order valence-corrected chi connectivity index (χ3v) is 3.59. The molecule has 0 fully saturated rings. The number of hydrogen-bond acceptors (Lipinski definition) is 6. The quantitative estimate of drug-likeness (QED) is 0.644. The molecule has 0 amide bonds. The number of hydrogen-bond donors (Lipinski definition) is 1. The number of fused-ring (bicyclic) bond motifs is 1. The highest BCUT2D eigenvalue weighted by Gasteiger charge is 2.24. The van der Waals surface area contributed by atoms with Gasteiger partial charge in [-0.2, -0.15) is 0 Å². The van der Waals surface area contributed by atoms with Crippen molar-refractivity contribution >= 4 is 23.5 Å². The zero-order chi connectivity index (χ0) is 12.4. The highest BCUT2D eigenvalue weighted by Crippen LogP contribution is 2.37. The van der Waals surface area contributed by atoms with E-state index in [1.54, 1.807) is 18.7 Å². The second-order valence-corrected chi connectivity index (χ2v) is 5.35. The van der Waals surface area contributed by atoms with Crippen molar-refractivity contribution in [3.05, 3.63) is 11.4 Å². The predicted octanol–water partition coefficient (Wildman–Crippen LogP) is 1.20. The van der Waals surface area contributed by atoms with Gasteiger partial charge in [0.2, 0.25) is 0 Å². The Labute approximate surface area is 104 Å². The highest BCUT2D eigenvalue weighted by molar-refractivity contribution is 8.00. The van der Waals surface area contributed by atoms with Crippen molar-refractivity contribution in [1.82, 2.24) is 9.97 Å². The first-order valence-corrected chi connectivity index (χ1v) is 6.45. The second-order valence-electron chi connectivity index (χ2n) is 3.92. The lowest BCUT2D eigenvalue weighted by molar-refractivity contribution is -0.142. The Morgan fingerprint density at radius 1 is 1.59 bits per heavy atom. The molecule has 1 aliphatic rings. The van der Waals surface area contributed by atoms with E-state index in [1.165, 1.54) is 0 Å². The monoisotopic (exact) mass is 253 g/mol. The molecule has 0 aromatic carbocycles. The molecule has 2 heterocycles. The molecular formula is C11H15N3O2S. The molecule has 6 heteroatoms. The van der Waals surface area contributed by atoms with Crippen LogP contribution in [0.1, 0.15) is 25.2 Å². The topological polar surface area (TPSA) is 78.1 Å². The molecule has 0 saturated heterocycles. The minimum absolute atomic E-state index is 0.0836. The van der Waals surface area contributed by atoms with Gasteiger partial charge in [-0.15, -0.1) is 11.8 Å². The van der Waals surface area contributed by atoms with Crippen LogP contribution in [0, 0.1) is 0 Å². The molecule has 1 aromatic heterocycles. The fourth-order valence-electron chi connectivity index (χ4n) is 1.75. The number of ether oxygens (including phenoxy) is 1. The molecule has 0 aliphatic carbocycles. The molecule has 0 saturated carbocycles. The SMILES string of the molecule is CCOC(=O)Cc1nc(N)c2c(n1)SC(C)C2. The van der Waals surface area contributed by atoms with Crippen molar-refractivity contribution in [2.75, 3.05) is 12.3 Å². The minimum Gasteiger partial charge on any atom is -0.466 e. The van der Waals surface area contributed by atoms with Crippen molar-refractivity contribution in [1.29, 1.82) is 0 Å². The Morgan fingerprint density at radius 3 is 3.06 bits per heavy atom. The standard InChI is InChI=1S/C11H15N3O2S/c1-3-16-9(15)5-8-13-10(12)7-4-6(2)17-11(7)14-8/h6H,3-5H2,1-2H3,(H2,12,13,14). The van der Waals surface area contributed by atoms with Gasteiger partial charge in [-0.3, -0.25) is 4.79 Å². The average Bonchev–Trinajstić information content (AvgIpc) is 2.59. The first kappa shape index (κ1) is 12.2. The molecule has 0 radical (unpaired) electrons. The van der Waals surface area contributed by atoms with Crippen LogP contribution in [0.3, 0.4) is 0 Å². The van der Waals surface area contributed by atoms with E-state index in [0.717, 1.165) is 17.0 Å². The first-order chi connectivity index (χ1) is 8.10. The summed E-state index contributed by atoms with van der Waals surface area (Å²) in [7, 11) is 0. The summed E-state index contributed by atoms with van der Waals surface area (Å²) in [6.07, 6.45) is 0.978. The molecule has 0 bridgehead atoms. The molecule has 1 unspecified atom stereocenters. The smallest absolute Gasteiger partial charge is 0.313 e. The van der Waals surface area contributed by atoms with Gasteiger partial charge in [-0.1, -0.05) is 6.92 Å².